The lowest BCUT2D eigenvalue weighted by Crippen LogP contribution is -2.02. The van der Waals surface area contributed by atoms with Crippen molar-refractivity contribution in [2.75, 3.05) is 0 Å². The van der Waals surface area contributed by atoms with Crippen LogP contribution in [0.1, 0.15) is 0 Å². The van der Waals surface area contributed by atoms with Crippen LogP contribution in [-0.4, -0.2) is 19.5 Å². The van der Waals surface area contributed by atoms with Crippen LogP contribution in [0.25, 0.3) is 115 Å². The molecule has 3 heterocycles. The monoisotopic (exact) mass is 756 g/mol. The SMILES string of the molecule is c1ccc(-c2nc(-c3ccccc3)nc(-c3ccc(-n4c5ccccc5c5cc6ccccc6cc54)cc3-c3cccc4sc5c6ccccc6ccc5c34)n2)cc1. The van der Waals surface area contributed by atoms with E-state index < -0.39 is 0 Å². The number of para-hydroxylation sites is 1. The molecule has 0 aliphatic heterocycles. The second-order valence-electron chi connectivity index (χ2n) is 14.8. The first-order valence-electron chi connectivity index (χ1n) is 19.5. The standard InChI is InChI=1S/C53H32N4S/c1-3-15-34(16-4-1)51-54-52(35-17-5-2-6-18-35)56-53(55-51)42-29-27-38(57-46-24-12-11-22-40(46)45-30-36-19-7-8-20-37(36)31-47(45)57)32-44(42)41-23-13-25-48-49(41)43-28-26-33-14-9-10-21-39(33)50(43)58-48/h1-32H. The summed E-state index contributed by atoms with van der Waals surface area (Å²) < 4.78 is 4.96. The lowest BCUT2D eigenvalue weighted by Gasteiger charge is -2.16. The lowest BCUT2D eigenvalue weighted by molar-refractivity contribution is 1.07. The van der Waals surface area contributed by atoms with E-state index in [2.05, 4.69) is 162 Å². The summed E-state index contributed by atoms with van der Waals surface area (Å²) >= 11 is 1.86. The van der Waals surface area contributed by atoms with E-state index in [0.29, 0.717) is 17.5 Å². The van der Waals surface area contributed by atoms with Gasteiger partial charge in [0.25, 0.3) is 0 Å². The molecule has 0 N–H and O–H groups in total. The van der Waals surface area contributed by atoms with E-state index in [-0.39, 0.29) is 0 Å². The number of hydrogen-bond acceptors (Lipinski definition) is 4. The van der Waals surface area contributed by atoms with E-state index in [1.165, 1.54) is 58.0 Å². The largest absolute Gasteiger partial charge is 0.309 e. The van der Waals surface area contributed by atoms with Crippen molar-refractivity contribution >= 4 is 74.9 Å². The molecule has 0 atom stereocenters. The Hall–Kier alpha value is -7.47. The Morgan fingerprint density at radius 3 is 1.76 bits per heavy atom. The maximum Gasteiger partial charge on any atom is 0.164 e. The van der Waals surface area contributed by atoms with Gasteiger partial charge < -0.3 is 4.57 Å². The minimum absolute atomic E-state index is 0.629. The highest BCUT2D eigenvalue weighted by molar-refractivity contribution is 7.26. The molecule has 12 rings (SSSR count). The highest BCUT2D eigenvalue weighted by Crippen LogP contribution is 2.46. The minimum Gasteiger partial charge on any atom is -0.309 e. The van der Waals surface area contributed by atoms with E-state index in [4.69, 9.17) is 15.0 Å². The summed E-state index contributed by atoms with van der Waals surface area (Å²) in [5, 5.41) is 9.91. The first-order valence-corrected chi connectivity index (χ1v) is 20.3. The van der Waals surface area contributed by atoms with Gasteiger partial charge in [0.05, 0.1) is 11.0 Å². The number of fused-ring (bicyclic) bond motifs is 9. The molecule has 58 heavy (non-hydrogen) atoms. The van der Waals surface area contributed by atoms with Crippen molar-refractivity contribution in [3.63, 3.8) is 0 Å². The molecule has 3 aromatic heterocycles. The molecular formula is C53H32N4S. The molecule has 0 bridgehead atoms. The zero-order valence-corrected chi connectivity index (χ0v) is 32.0. The van der Waals surface area contributed by atoms with Gasteiger partial charge in [-0.2, -0.15) is 0 Å². The Bertz CT molecular complexity index is 3510. The maximum atomic E-state index is 5.26. The van der Waals surface area contributed by atoms with Gasteiger partial charge in [0.1, 0.15) is 0 Å². The number of nitrogens with zero attached hydrogens (tertiary/aromatic N) is 4. The molecule has 0 aliphatic rings. The van der Waals surface area contributed by atoms with Crippen molar-refractivity contribution in [2.24, 2.45) is 0 Å². The predicted octanol–water partition coefficient (Wildman–Crippen LogP) is 14.3. The van der Waals surface area contributed by atoms with Crippen LogP contribution >= 0.6 is 11.3 Å². The van der Waals surface area contributed by atoms with Crippen molar-refractivity contribution in [2.45, 2.75) is 0 Å². The van der Waals surface area contributed by atoms with E-state index in [0.717, 1.165) is 39.0 Å². The molecule has 0 saturated carbocycles. The fourth-order valence-electron chi connectivity index (χ4n) is 8.73. The zero-order chi connectivity index (χ0) is 38.2. The van der Waals surface area contributed by atoms with E-state index in [9.17, 15) is 0 Å². The van der Waals surface area contributed by atoms with Crippen LogP contribution in [0.3, 0.4) is 0 Å². The molecule has 4 nitrogen and oxygen atoms in total. The lowest BCUT2D eigenvalue weighted by atomic mass is 9.93. The van der Waals surface area contributed by atoms with Crippen molar-refractivity contribution in [1.82, 2.24) is 19.5 Å². The number of thiophene rings is 1. The molecule has 0 amide bonds. The van der Waals surface area contributed by atoms with Gasteiger partial charge in [0, 0.05) is 53.3 Å². The van der Waals surface area contributed by atoms with Crippen molar-refractivity contribution in [3.05, 3.63) is 194 Å². The summed E-state index contributed by atoms with van der Waals surface area (Å²) in [5.74, 6) is 1.91. The van der Waals surface area contributed by atoms with E-state index in [1.54, 1.807) is 0 Å². The third-order valence-corrected chi connectivity index (χ3v) is 12.6. The smallest absolute Gasteiger partial charge is 0.164 e. The molecule has 0 radical (unpaired) electrons. The van der Waals surface area contributed by atoms with Gasteiger partial charge in [-0.25, -0.2) is 15.0 Å². The van der Waals surface area contributed by atoms with Crippen LogP contribution in [0, 0.1) is 0 Å². The molecule has 0 spiro atoms. The topological polar surface area (TPSA) is 43.6 Å². The van der Waals surface area contributed by atoms with Crippen LogP contribution in [0.2, 0.25) is 0 Å². The summed E-state index contributed by atoms with van der Waals surface area (Å²) in [6.45, 7) is 0. The summed E-state index contributed by atoms with van der Waals surface area (Å²) in [5.41, 5.74) is 8.44. The summed E-state index contributed by atoms with van der Waals surface area (Å²) in [6, 6.07) is 69.2. The van der Waals surface area contributed by atoms with Gasteiger partial charge in [-0.05, 0) is 75.1 Å². The number of hydrogen-bond donors (Lipinski definition) is 0. The minimum atomic E-state index is 0.629. The molecule has 5 heteroatoms. The van der Waals surface area contributed by atoms with Crippen LogP contribution in [0.15, 0.2) is 194 Å². The molecule has 12 aromatic rings. The molecular weight excluding hydrogens is 725 g/mol. The Balaban J connectivity index is 1.18. The highest BCUT2D eigenvalue weighted by Gasteiger charge is 2.22. The average Bonchev–Trinajstić information content (AvgIpc) is 3.84. The van der Waals surface area contributed by atoms with Gasteiger partial charge in [0.15, 0.2) is 17.5 Å². The van der Waals surface area contributed by atoms with Crippen molar-refractivity contribution < 1.29 is 0 Å². The normalized spacial score (nSPS) is 11.8. The van der Waals surface area contributed by atoms with Crippen LogP contribution in [0.4, 0.5) is 0 Å². The predicted molar refractivity (Wildman–Crippen MR) is 244 cm³/mol. The Kier molecular flexibility index (Phi) is 7.37. The van der Waals surface area contributed by atoms with Crippen LogP contribution in [0.5, 0.6) is 0 Å². The van der Waals surface area contributed by atoms with Crippen LogP contribution < -0.4 is 0 Å². The molecule has 0 aliphatic carbocycles. The summed E-state index contributed by atoms with van der Waals surface area (Å²) in [7, 11) is 0. The third kappa shape index (κ3) is 5.18. The fourth-order valence-corrected chi connectivity index (χ4v) is 9.99. The number of benzene rings is 9. The summed E-state index contributed by atoms with van der Waals surface area (Å²) in [6.07, 6.45) is 0. The second kappa shape index (κ2) is 13.1. The number of rotatable bonds is 5. The van der Waals surface area contributed by atoms with Gasteiger partial charge >= 0.3 is 0 Å². The Morgan fingerprint density at radius 2 is 1.00 bits per heavy atom. The first-order chi connectivity index (χ1) is 28.7. The van der Waals surface area contributed by atoms with Gasteiger partial charge in [0.2, 0.25) is 0 Å². The Morgan fingerprint density at radius 1 is 0.362 bits per heavy atom. The Labute approximate surface area is 338 Å². The number of aromatic nitrogens is 4. The van der Waals surface area contributed by atoms with E-state index in [1.807, 2.05) is 47.7 Å². The highest BCUT2D eigenvalue weighted by atomic mass is 32.1. The van der Waals surface area contributed by atoms with Crippen LogP contribution in [-0.2, 0) is 0 Å². The quantitative estimate of drug-likeness (QED) is 0.176. The van der Waals surface area contributed by atoms with E-state index >= 15 is 0 Å². The second-order valence-corrected chi connectivity index (χ2v) is 15.8. The van der Waals surface area contributed by atoms with Gasteiger partial charge in [-0.15, -0.1) is 11.3 Å². The molecule has 0 saturated heterocycles. The van der Waals surface area contributed by atoms with Gasteiger partial charge in [-0.1, -0.05) is 152 Å². The molecule has 0 fully saturated rings. The summed E-state index contributed by atoms with van der Waals surface area (Å²) in [4.78, 5) is 15.6. The molecule has 270 valence electrons. The average molecular weight is 757 g/mol. The fraction of sp³-hybridized carbons (Fsp3) is 0. The maximum absolute atomic E-state index is 5.26. The van der Waals surface area contributed by atoms with Crippen molar-refractivity contribution in [3.8, 4) is 51.0 Å². The van der Waals surface area contributed by atoms with Crippen molar-refractivity contribution in [1.29, 1.82) is 0 Å². The first kappa shape index (κ1) is 32.7. The molecule has 0 unspecified atom stereocenters. The zero-order valence-electron chi connectivity index (χ0n) is 31.2. The molecule has 9 aromatic carbocycles. The van der Waals surface area contributed by atoms with Gasteiger partial charge in [-0.3, -0.25) is 0 Å². The third-order valence-electron chi connectivity index (χ3n) is 11.4.